The number of methoxy groups -OCH3 is 1. The van der Waals surface area contributed by atoms with Gasteiger partial charge in [-0.05, 0) is 11.6 Å². The molecule has 0 saturated carbocycles. The van der Waals surface area contributed by atoms with E-state index in [0.717, 1.165) is 27.0 Å². The Balaban J connectivity index is 3.51. The second-order valence-corrected chi connectivity index (χ2v) is 5.93. The molecule has 1 heterocycles. The smallest absolute Gasteiger partial charge is 0.372 e. The lowest BCUT2D eigenvalue weighted by atomic mass is 9.92. The number of azide groups is 1. The lowest BCUT2D eigenvalue weighted by Gasteiger charge is -2.40. The number of amides is 1. The molecule has 2 N–H and O–H groups in total. The molecule has 1 amide bonds. The number of hydrogen-bond donors (Lipinski definition) is 2. The van der Waals surface area contributed by atoms with E-state index in [-0.39, 0.29) is 5.76 Å². The molecule has 5 atom stereocenters. The fourth-order valence-corrected chi connectivity index (χ4v) is 2.74. The molecule has 0 bridgehead atoms. The first-order valence-electron chi connectivity index (χ1n) is 8.38. The highest BCUT2D eigenvalue weighted by Gasteiger charge is 2.47. The van der Waals surface area contributed by atoms with E-state index >= 15 is 0 Å². The van der Waals surface area contributed by atoms with Crippen molar-refractivity contribution in [2.24, 2.45) is 5.11 Å². The number of carbonyl (C=O) groups is 4. The van der Waals surface area contributed by atoms with Gasteiger partial charge in [0, 0.05) is 25.7 Å². The topological polar surface area (TPSA) is 186 Å². The Morgan fingerprint density at radius 3 is 2.34 bits per heavy atom. The molecule has 0 saturated heterocycles. The first-order valence-corrected chi connectivity index (χ1v) is 8.38. The highest BCUT2D eigenvalue weighted by molar-refractivity contribution is 5.86. The van der Waals surface area contributed by atoms with Crippen LogP contribution in [0.25, 0.3) is 10.4 Å². The van der Waals surface area contributed by atoms with Gasteiger partial charge in [-0.2, -0.15) is 0 Å². The molecule has 1 aliphatic heterocycles. The molecule has 1 unspecified atom stereocenters. The van der Waals surface area contributed by atoms with Gasteiger partial charge in [-0.25, -0.2) is 4.79 Å². The molecule has 1 aliphatic rings. The van der Waals surface area contributed by atoms with Crippen LogP contribution in [0.2, 0.25) is 0 Å². The quantitative estimate of drug-likeness (QED) is 0.173. The first kappa shape index (κ1) is 23.7. The van der Waals surface area contributed by atoms with E-state index in [1.54, 1.807) is 0 Å². The monoisotopic (exact) mass is 414 g/mol. The number of carbonyl (C=O) groups excluding carboxylic acids is 4. The van der Waals surface area contributed by atoms with Crippen molar-refractivity contribution in [3.05, 3.63) is 22.3 Å². The minimum Gasteiger partial charge on any atom is -0.477 e. The van der Waals surface area contributed by atoms with Crippen LogP contribution in [0.4, 0.5) is 0 Å². The van der Waals surface area contributed by atoms with Crippen molar-refractivity contribution in [1.82, 2.24) is 5.32 Å². The molecule has 1 rings (SSSR count). The Morgan fingerprint density at radius 1 is 1.28 bits per heavy atom. The average Bonchev–Trinajstić information content (AvgIpc) is 2.64. The van der Waals surface area contributed by atoms with Gasteiger partial charge in [-0.15, -0.1) is 0 Å². The van der Waals surface area contributed by atoms with Gasteiger partial charge in [0.2, 0.25) is 11.7 Å². The number of nitrogens with zero attached hydrogens (tertiary/aromatic N) is 3. The summed E-state index contributed by atoms with van der Waals surface area (Å²) >= 11 is 0. The summed E-state index contributed by atoms with van der Waals surface area (Å²) in [7, 11) is 1.09. The minimum atomic E-state index is -1.47. The molecule has 0 aromatic heterocycles. The van der Waals surface area contributed by atoms with Crippen molar-refractivity contribution in [3.63, 3.8) is 0 Å². The minimum absolute atomic E-state index is 0.381. The SMILES string of the molecule is COC(=O)C1=C[C@@H](N=[N+]=[N-])[C@@H](NC(C)=O)C([C@H](OC(C)=O)[C@@H](CO)OC(C)=O)O1. The number of esters is 3. The average molecular weight is 414 g/mol. The van der Waals surface area contributed by atoms with Crippen molar-refractivity contribution in [1.29, 1.82) is 0 Å². The maximum atomic E-state index is 12.0. The predicted octanol–water partition coefficient (Wildman–Crippen LogP) is -0.519. The number of rotatable bonds is 8. The summed E-state index contributed by atoms with van der Waals surface area (Å²) in [5, 5.41) is 15.7. The zero-order chi connectivity index (χ0) is 22.1. The van der Waals surface area contributed by atoms with Gasteiger partial charge >= 0.3 is 17.9 Å². The molecule has 160 valence electrons. The summed E-state index contributed by atoms with van der Waals surface area (Å²) in [5.74, 6) is -3.47. The molecular formula is C16H22N4O9. The Bertz CT molecular complexity index is 732. The zero-order valence-electron chi connectivity index (χ0n) is 16.2. The molecule has 13 nitrogen and oxygen atoms in total. The van der Waals surface area contributed by atoms with Crippen LogP contribution in [0, 0.1) is 0 Å². The maximum Gasteiger partial charge on any atom is 0.372 e. The molecule has 0 fully saturated rings. The van der Waals surface area contributed by atoms with Gasteiger partial charge in [-0.1, -0.05) is 5.11 Å². The second-order valence-electron chi connectivity index (χ2n) is 5.93. The van der Waals surface area contributed by atoms with Crippen LogP contribution < -0.4 is 5.32 Å². The van der Waals surface area contributed by atoms with E-state index in [1.165, 1.54) is 6.92 Å². The van der Waals surface area contributed by atoms with Crippen molar-refractivity contribution < 1.29 is 43.2 Å². The van der Waals surface area contributed by atoms with Crippen LogP contribution in [-0.2, 0) is 38.1 Å². The normalized spacial score (nSPS) is 22.5. The summed E-state index contributed by atoms with van der Waals surface area (Å²) in [6.07, 6.45) is -3.12. The van der Waals surface area contributed by atoms with Gasteiger partial charge in [-0.3, -0.25) is 14.4 Å². The molecular weight excluding hydrogens is 392 g/mol. The van der Waals surface area contributed by atoms with Crippen molar-refractivity contribution in [3.8, 4) is 0 Å². The Morgan fingerprint density at radius 2 is 1.90 bits per heavy atom. The van der Waals surface area contributed by atoms with Crippen molar-refractivity contribution in [2.75, 3.05) is 13.7 Å². The third-order valence-electron chi connectivity index (χ3n) is 3.74. The highest BCUT2D eigenvalue weighted by Crippen LogP contribution is 2.28. The third kappa shape index (κ3) is 6.66. The summed E-state index contributed by atoms with van der Waals surface area (Å²) in [6, 6.07) is -2.28. The van der Waals surface area contributed by atoms with Crippen molar-refractivity contribution in [2.45, 2.75) is 51.2 Å². The van der Waals surface area contributed by atoms with E-state index < -0.39 is 60.8 Å². The number of ether oxygens (including phenoxy) is 4. The van der Waals surface area contributed by atoms with Gasteiger partial charge < -0.3 is 29.4 Å². The van der Waals surface area contributed by atoms with Crippen LogP contribution in [0.1, 0.15) is 20.8 Å². The van der Waals surface area contributed by atoms with Crippen LogP contribution in [-0.4, -0.2) is 73.0 Å². The summed E-state index contributed by atoms with van der Waals surface area (Å²) < 4.78 is 20.3. The standard InChI is InChI=1S/C16H22N4O9/c1-7(22)18-13-10(19-20-17)5-11(16(25)26-4)29-15(13)14(28-9(3)24)12(6-21)27-8(2)23/h5,10,12-15,21H,6H2,1-4H3,(H,18,22)/t10-,12-,13-,14-,15?/m1/s1. The lowest BCUT2D eigenvalue weighted by Crippen LogP contribution is -2.60. The molecule has 0 radical (unpaired) electrons. The van der Waals surface area contributed by atoms with E-state index in [0.29, 0.717) is 0 Å². The zero-order valence-corrected chi connectivity index (χ0v) is 16.2. The molecule has 0 spiro atoms. The number of aliphatic hydroxyl groups excluding tert-OH is 1. The summed E-state index contributed by atoms with van der Waals surface area (Å²) in [4.78, 5) is 49.4. The van der Waals surface area contributed by atoms with Crippen LogP contribution in [0.5, 0.6) is 0 Å². The number of hydrogen-bond acceptors (Lipinski definition) is 10. The second kappa shape index (κ2) is 10.9. The fourth-order valence-electron chi connectivity index (χ4n) is 2.74. The Hall–Kier alpha value is -3.31. The number of nitrogens with one attached hydrogen (secondary N) is 1. The lowest BCUT2D eigenvalue weighted by molar-refractivity contribution is -0.184. The summed E-state index contributed by atoms with van der Waals surface area (Å²) in [5.41, 5.74) is 8.86. The molecule has 29 heavy (non-hydrogen) atoms. The van der Waals surface area contributed by atoms with Crippen LogP contribution in [0.3, 0.4) is 0 Å². The van der Waals surface area contributed by atoms with Gasteiger partial charge in [0.15, 0.2) is 18.3 Å². The van der Waals surface area contributed by atoms with E-state index in [2.05, 4.69) is 20.1 Å². The van der Waals surface area contributed by atoms with Gasteiger partial charge in [0.25, 0.3) is 0 Å². The highest BCUT2D eigenvalue weighted by atomic mass is 16.6. The third-order valence-corrected chi connectivity index (χ3v) is 3.74. The van der Waals surface area contributed by atoms with E-state index in [1.807, 2.05) is 0 Å². The van der Waals surface area contributed by atoms with Crippen LogP contribution >= 0.6 is 0 Å². The molecule has 0 aliphatic carbocycles. The largest absolute Gasteiger partial charge is 0.477 e. The predicted molar refractivity (Wildman–Crippen MR) is 93.7 cm³/mol. The maximum absolute atomic E-state index is 12.0. The molecule has 13 heteroatoms. The first-order chi connectivity index (χ1) is 13.6. The molecule has 0 aromatic rings. The van der Waals surface area contributed by atoms with Crippen LogP contribution in [0.15, 0.2) is 16.9 Å². The molecule has 0 aromatic carbocycles. The Kier molecular flexibility index (Phi) is 8.90. The summed E-state index contributed by atoms with van der Waals surface area (Å²) in [6.45, 7) is 2.55. The van der Waals surface area contributed by atoms with Gasteiger partial charge in [0.05, 0.1) is 25.8 Å². The van der Waals surface area contributed by atoms with Gasteiger partial charge in [0.1, 0.15) is 0 Å². The Labute approximate surface area is 165 Å². The number of aliphatic hydroxyl groups is 1. The van der Waals surface area contributed by atoms with E-state index in [9.17, 15) is 24.3 Å². The fraction of sp³-hybridized carbons (Fsp3) is 0.625. The van der Waals surface area contributed by atoms with E-state index in [4.69, 9.17) is 19.7 Å². The van der Waals surface area contributed by atoms with Crippen molar-refractivity contribution >= 4 is 23.8 Å².